The predicted molar refractivity (Wildman–Crippen MR) is 89.1 cm³/mol. The third kappa shape index (κ3) is 5.23. The Balaban J connectivity index is 1.69. The van der Waals surface area contributed by atoms with Gasteiger partial charge in [0.05, 0.1) is 18.2 Å². The van der Waals surface area contributed by atoms with E-state index in [1.807, 2.05) is 42.5 Å². The molecule has 0 saturated heterocycles. The van der Waals surface area contributed by atoms with Crippen molar-refractivity contribution in [2.24, 2.45) is 5.73 Å². The van der Waals surface area contributed by atoms with E-state index in [1.165, 1.54) is 0 Å². The van der Waals surface area contributed by atoms with Crippen molar-refractivity contribution in [2.45, 2.75) is 13.0 Å². The predicted octanol–water partition coefficient (Wildman–Crippen LogP) is 4.41. The number of halogens is 2. The molecule has 112 valence electrons. The first-order valence-electron chi connectivity index (χ1n) is 6.68. The second-order valence-corrected chi connectivity index (χ2v) is 5.80. The molecule has 5 heteroatoms. The molecular weight excluding hydrogens is 354 g/mol. The minimum Gasteiger partial charge on any atom is -0.493 e. The second-order valence-electron chi connectivity index (χ2n) is 4.47. The SMILES string of the molecule is NCc1ccc(OCCCOc2ccc(Br)cc2Cl)cc1. The Morgan fingerprint density at radius 1 is 1.00 bits per heavy atom. The fraction of sp³-hybridized carbons (Fsp3) is 0.250. The Kier molecular flexibility index (Phi) is 6.36. The topological polar surface area (TPSA) is 44.5 Å². The van der Waals surface area contributed by atoms with Gasteiger partial charge in [-0.05, 0) is 35.9 Å². The van der Waals surface area contributed by atoms with Gasteiger partial charge in [0.2, 0.25) is 0 Å². The molecule has 0 saturated carbocycles. The van der Waals surface area contributed by atoms with Crippen molar-refractivity contribution in [1.82, 2.24) is 0 Å². The average Bonchev–Trinajstić information content (AvgIpc) is 2.49. The Hall–Kier alpha value is -1.23. The Bertz CT molecular complexity index is 575. The van der Waals surface area contributed by atoms with E-state index in [0.29, 0.717) is 30.5 Å². The van der Waals surface area contributed by atoms with Gasteiger partial charge in [-0.25, -0.2) is 0 Å². The van der Waals surface area contributed by atoms with E-state index in [-0.39, 0.29) is 0 Å². The third-order valence-corrected chi connectivity index (χ3v) is 3.66. The van der Waals surface area contributed by atoms with Crippen molar-refractivity contribution in [2.75, 3.05) is 13.2 Å². The molecule has 0 aliphatic heterocycles. The first-order chi connectivity index (χ1) is 10.2. The first kappa shape index (κ1) is 16.1. The number of nitrogens with two attached hydrogens (primary N) is 1. The zero-order chi connectivity index (χ0) is 15.1. The van der Waals surface area contributed by atoms with Crippen LogP contribution in [0.1, 0.15) is 12.0 Å². The molecule has 0 atom stereocenters. The summed E-state index contributed by atoms with van der Waals surface area (Å²) in [5.41, 5.74) is 6.64. The Labute approximate surface area is 138 Å². The van der Waals surface area contributed by atoms with Gasteiger partial charge in [0, 0.05) is 17.4 Å². The summed E-state index contributed by atoms with van der Waals surface area (Å²) in [6, 6.07) is 13.3. The number of ether oxygens (including phenoxy) is 2. The Morgan fingerprint density at radius 2 is 1.71 bits per heavy atom. The fourth-order valence-corrected chi connectivity index (χ4v) is 2.47. The van der Waals surface area contributed by atoms with Gasteiger partial charge in [-0.3, -0.25) is 0 Å². The molecule has 0 aromatic heterocycles. The number of hydrogen-bond donors (Lipinski definition) is 1. The van der Waals surface area contributed by atoms with E-state index in [4.69, 9.17) is 26.8 Å². The van der Waals surface area contributed by atoms with E-state index >= 15 is 0 Å². The van der Waals surface area contributed by atoms with Gasteiger partial charge in [-0.15, -0.1) is 0 Å². The molecule has 2 aromatic carbocycles. The largest absolute Gasteiger partial charge is 0.493 e. The van der Waals surface area contributed by atoms with Gasteiger partial charge in [0.1, 0.15) is 11.5 Å². The van der Waals surface area contributed by atoms with Crippen LogP contribution in [0, 0.1) is 0 Å². The number of rotatable bonds is 7. The molecule has 21 heavy (non-hydrogen) atoms. The van der Waals surface area contributed by atoms with Crippen LogP contribution in [-0.2, 0) is 6.54 Å². The maximum Gasteiger partial charge on any atom is 0.137 e. The van der Waals surface area contributed by atoms with Gasteiger partial charge in [0.15, 0.2) is 0 Å². The summed E-state index contributed by atoms with van der Waals surface area (Å²) in [4.78, 5) is 0. The lowest BCUT2D eigenvalue weighted by atomic mass is 10.2. The van der Waals surface area contributed by atoms with Crippen molar-refractivity contribution in [3.05, 3.63) is 57.5 Å². The molecule has 0 fully saturated rings. The van der Waals surface area contributed by atoms with Crippen LogP contribution in [0.25, 0.3) is 0 Å². The lowest BCUT2D eigenvalue weighted by Gasteiger charge is -2.09. The van der Waals surface area contributed by atoms with Crippen LogP contribution < -0.4 is 15.2 Å². The van der Waals surface area contributed by atoms with Crippen molar-refractivity contribution in [3.8, 4) is 11.5 Å². The summed E-state index contributed by atoms with van der Waals surface area (Å²) < 4.78 is 12.2. The van der Waals surface area contributed by atoms with Crippen LogP contribution in [0.5, 0.6) is 11.5 Å². The molecule has 2 aromatic rings. The molecule has 0 radical (unpaired) electrons. The summed E-state index contributed by atoms with van der Waals surface area (Å²) in [6.45, 7) is 1.69. The number of benzene rings is 2. The normalized spacial score (nSPS) is 10.4. The molecule has 3 nitrogen and oxygen atoms in total. The average molecular weight is 371 g/mol. The lowest BCUT2D eigenvalue weighted by Crippen LogP contribution is -2.05. The van der Waals surface area contributed by atoms with Crippen molar-refractivity contribution < 1.29 is 9.47 Å². The summed E-state index contributed by atoms with van der Waals surface area (Å²) in [5, 5.41) is 0.600. The van der Waals surface area contributed by atoms with Crippen LogP contribution in [0.3, 0.4) is 0 Å². The van der Waals surface area contributed by atoms with Crippen LogP contribution in [0.4, 0.5) is 0 Å². The molecule has 0 bridgehead atoms. The van der Waals surface area contributed by atoms with Gasteiger partial charge >= 0.3 is 0 Å². The van der Waals surface area contributed by atoms with E-state index in [9.17, 15) is 0 Å². The minimum absolute atomic E-state index is 0.544. The quantitative estimate of drug-likeness (QED) is 0.734. The van der Waals surface area contributed by atoms with Crippen LogP contribution in [0.15, 0.2) is 46.9 Å². The highest BCUT2D eigenvalue weighted by molar-refractivity contribution is 9.10. The molecule has 2 rings (SSSR count). The molecule has 2 N–H and O–H groups in total. The summed E-state index contributed by atoms with van der Waals surface area (Å²) in [7, 11) is 0. The molecule has 0 spiro atoms. The zero-order valence-electron chi connectivity index (χ0n) is 11.5. The monoisotopic (exact) mass is 369 g/mol. The van der Waals surface area contributed by atoms with E-state index in [1.54, 1.807) is 0 Å². The van der Waals surface area contributed by atoms with E-state index in [0.717, 1.165) is 22.2 Å². The van der Waals surface area contributed by atoms with E-state index in [2.05, 4.69) is 15.9 Å². The molecular formula is C16H17BrClNO2. The summed E-state index contributed by atoms with van der Waals surface area (Å²) in [6.07, 6.45) is 0.783. The maximum atomic E-state index is 6.07. The highest BCUT2D eigenvalue weighted by Crippen LogP contribution is 2.27. The molecule has 0 amide bonds. The van der Waals surface area contributed by atoms with Crippen LogP contribution in [0.2, 0.25) is 5.02 Å². The number of hydrogen-bond acceptors (Lipinski definition) is 3. The van der Waals surface area contributed by atoms with Crippen molar-refractivity contribution in [3.63, 3.8) is 0 Å². The Morgan fingerprint density at radius 3 is 2.38 bits per heavy atom. The van der Waals surface area contributed by atoms with E-state index < -0.39 is 0 Å². The van der Waals surface area contributed by atoms with Crippen LogP contribution in [-0.4, -0.2) is 13.2 Å². The molecule has 0 unspecified atom stereocenters. The van der Waals surface area contributed by atoms with Gasteiger partial charge in [-0.2, -0.15) is 0 Å². The highest BCUT2D eigenvalue weighted by Gasteiger charge is 2.02. The second kappa shape index (κ2) is 8.27. The van der Waals surface area contributed by atoms with Gasteiger partial charge < -0.3 is 15.2 Å². The van der Waals surface area contributed by atoms with Crippen molar-refractivity contribution in [1.29, 1.82) is 0 Å². The standard InChI is InChI=1S/C16H17BrClNO2/c17-13-4-7-16(15(18)10-13)21-9-1-8-20-14-5-2-12(11-19)3-6-14/h2-7,10H,1,8-9,11,19H2. The van der Waals surface area contributed by atoms with Gasteiger partial charge in [0.25, 0.3) is 0 Å². The summed E-state index contributed by atoms with van der Waals surface area (Å²) in [5.74, 6) is 1.53. The fourth-order valence-electron chi connectivity index (χ4n) is 1.75. The third-order valence-electron chi connectivity index (χ3n) is 2.87. The minimum atomic E-state index is 0.544. The maximum absolute atomic E-state index is 6.07. The first-order valence-corrected chi connectivity index (χ1v) is 7.86. The molecule has 0 aliphatic rings. The molecule has 0 heterocycles. The highest BCUT2D eigenvalue weighted by atomic mass is 79.9. The zero-order valence-corrected chi connectivity index (χ0v) is 13.9. The smallest absolute Gasteiger partial charge is 0.137 e. The van der Waals surface area contributed by atoms with Crippen molar-refractivity contribution >= 4 is 27.5 Å². The lowest BCUT2D eigenvalue weighted by molar-refractivity contribution is 0.247. The van der Waals surface area contributed by atoms with Crippen LogP contribution >= 0.6 is 27.5 Å². The summed E-state index contributed by atoms with van der Waals surface area (Å²) >= 11 is 9.43. The van der Waals surface area contributed by atoms with Gasteiger partial charge in [-0.1, -0.05) is 39.7 Å². The molecule has 0 aliphatic carbocycles.